The van der Waals surface area contributed by atoms with Gasteiger partial charge in [-0.3, -0.25) is 4.57 Å². The maximum atomic E-state index is 10.9. The summed E-state index contributed by atoms with van der Waals surface area (Å²) in [5.41, 5.74) is -8.71. The van der Waals surface area contributed by atoms with E-state index in [2.05, 4.69) is 39.2 Å². The molecule has 0 aliphatic carbocycles. The molecule has 0 aliphatic heterocycles. The van der Waals surface area contributed by atoms with E-state index >= 15 is 0 Å². The molecule has 3 heterocycles. The van der Waals surface area contributed by atoms with E-state index in [-0.39, 0.29) is 60.1 Å². The van der Waals surface area contributed by atoms with Gasteiger partial charge in [-0.05, 0) is 195 Å². The van der Waals surface area contributed by atoms with Gasteiger partial charge in [0, 0.05) is 44.3 Å². The van der Waals surface area contributed by atoms with Gasteiger partial charge in [0.1, 0.15) is 5.82 Å². The molecule has 0 spiro atoms. The van der Waals surface area contributed by atoms with Gasteiger partial charge in [0.2, 0.25) is 0 Å². The SMILES string of the molecule is [2H]c1c([2H])c([2H])c(-c2cc(-c3c([2H])c(-c4c([2H])c([2H])c([2H])c([2H])c4[2H])c([2H])c(-c4c([2H])c([2H])c([2H])c([2H])c4[2H])c3[2H])c(-[n+]3[c-]n(-c4[c-]c(Oc5[c-]c6c(cc5)c5ccccc5n6-c5cc(C(C)(C)C)ccn5)ccc4)c4cc(-c5ccc(C(C)(C)C)cc5)ccc43)c(-c3c([2H])c(-c4c([2H])c([2H])c([2H])c([2H])c4[2H])c([2H])c(-c4c([2H])c([2H])c([2H])c([2H])c4[2H])c3[2H])c2)c([2H])c1[2H].[Pt]. The topological polar surface area (TPSA) is 35.9 Å². The largest absolute Gasteiger partial charge is 0.510 e. The van der Waals surface area contributed by atoms with E-state index in [0.717, 1.165) is 39.5 Å². The number of hydrogen-bond acceptors (Lipinski definition) is 2. The van der Waals surface area contributed by atoms with Crippen LogP contribution in [0.2, 0.25) is 0 Å². The van der Waals surface area contributed by atoms with Crippen LogP contribution in [0.5, 0.6) is 11.5 Å². The Morgan fingerprint density at radius 1 is 0.398 bits per heavy atom. The van der Waals surface area contributed by atoms with Crippen LogP contribution >= 0.6 is 0 Å². The van der Waals surface area contributed by atoms with Gasteiger partial charge in [-0.1, -0.05) is 253 Å². The Labute approximate surface area is 632 Å². The van der Waals surface area contributed by atoms with Crippen molar-refractivity contribution in [2.24, 2.45) is 0 Å². The van der Waals surface area contributed by atoms with Crippen LogP contribution in [-0.4, -0.2) is 14.1 Å². The molecule has 0 radical (unpaired) electrons. The maximum Gasteiger partial charge on any atom is 0.268 e. The molecule has 0 atom stereocenters. The fraction of sp³-hybridized carbons (Fsp3) is 0.0870. The third kappa shape index (κ3) is 12.3. The Kier molecular flexibility index (Phi) is 9.78. The van der Waals surface area contributed by atoms with Crippen LogP contribution < -0.4 is 9.30 Å². The second kappa shape index (κ2) is 26.1. The van der Waals surface area contributed by atoms with Crippen LogP contribution in [0.25, 0.3) is 139 Å². The van der Waals surface area contributed by atoms with E-state index in [9.17, 15) is 24.7 Å². The van der Waals surface area contributed by atoms with Crippen molar-refractivity contribution in [2.75, 3.05) is 0 Å². The molecule has 0 aliphatic rings. The molecule has 0 fully saturated rings. The van der Waals surface area contributed by atoms with Gasteiger partial charge < -0.3 is 13.9 Å². The molecule has 0 saturated carbocycles. The molecule has 0 saturated heterocycles. The van der Waals surface area contributed by atoms with Crippen LogP contribution in [0.1, 0.15) is 95.2 Å². The van der Waals surface area contributed by atoms with Gasteiger partial charge in [0.05, 0.1) is 59.2 Å². The maximum absolute atomic E-state index is 10.9. The summed E-state index contributed by atoms with van der Waals surface area (Å²) in [7, 11) is 0. The van der Waals surface area contributed by atoms with Gasteiger partial charge >= 0.3 is 0 Å². The van der Waals surface area contributed by atoms with Crippen molar-refractivity contribution >= 4 is 32.8 Å². The molecule has 16 rings (SSSR count). The third-order valence-electron chi connectivity index (χ3n) is 16.5. The van der Waals surface area contributed by atoms with Gasteiger partial charge in [-0.2, -0.15) is 18.2 Å². The van der Waals surface area contributed by atoms with Crippen molar-refractivity contribution in [3.8, 4) is 118 Å². The summed E-state index contributed by atoms with van der Waals surface area (Å²) in [6.07, 6.45) is 5.14. The van der Waals surface area contributed by atoms with Crippen molar-refractivity contribution in [1.29, 1.82) is 0 Å². The Morgan fingerprint density at radius 3 is 1.42 bits per heavy atom. The minimum atomic E-state index is -1.15. The summed E-state index contributed by atoms with van der Waals surface area (Å²) < 4.78 is 306. The summed E-state index contributed by atoms with van der Waals surface area (Å²) in [6, 6.07) is 9.28. The zero-order valence-corrected chi connectivity index (χ0v) is 55.4. The molecule has 0 N–H and O–H groups in total. The number of nitrogens with zero attached hydrogens (tertiary/aromatic N) is 4. The smallest absolute Gasteiger partial charge is 0.268 e. The minimum Gasteiger partial charge on any atom is -0.510 e. The van der Waals surface area contributed by atoms with E-state index in [4.69, 9.17) is 27.5 Å². The second-order valence-electron chi connectivity index (χ2n) is 24.8. The first-order valence-electron chi connectivity index (χ1n) is 46.3. The van der Waals surface area contributed by atoms with E-state index in [0.29, 0.717) is 22.5 Å². The minimum absolute atomic E-state index is 0. The first-order chi connectivity index (χ1) is 60.2. The standard InChI is InChI=1S/C92H70N4O.Pt/c1-91(2,3)76-42-39-67(40-43-76)68-41-46-86-88(57-68)94(78-35-24-36-79(59-78)97-80-44-45-82-81-37-22-23-38-85(81)96(87(82)60-80)89-58-77(47-48-93-89)92(4,5)6)61-95(86)90-83(74-51-69(62-25-12-7-13-26-62)49-70(52-74)63-27-14-8-15-28-63)55-73(66-33-20-11-21-34-66)56-84(90)75-53-71(64-29-16-9-17-30-64)50-72(54-75)65-31-18-10-19-32-65;/h7-58H,1-6H3;/q-2;/i7D,8D,9D,10D,11D,12D,13D,14D,15D,16D,17D,18D,19D,20D,21D,25D,26D,27D,28D,29D,30D,31D,32D,33D,34D,49D,50D,51D,52D,53D,54D;. The van der Waals surface area contributed by atoms with Crippen LogP contribution in [0.15, 0.2) is 315 Å². The van der Waals surface area contributed by atoms with Gasteiger partial charge in [-0.15, -0.1) is 29.7 Å². The number of rotatable bonds is 13. The predicted molar refractivity (Wildman–Crippen MR) is 401 cm³/mol. The molecular weight excluding hydrogens is 1370 g/mol. The Bertz CT molecular complexity index is 7020. The number of pyridine rings is 1. The number of imidazole rings is 1. The van der Waals surface area contributed by atoms with Crippen molar-refractivity contribution in [1.82, 2.24) is 14.1 Å². The molecule has 98 heavy (non-hydrogen) atoms. The number of ether oxygens (including phenoxy) is 1. The van der Waals surface area contributed by atoms with Crippen molar-refractivity contribution in [3.05, 3.63) is 344 Å². The zero-order chi connectivity index (χ0) is 92.8. The van der Waals surface area contributed by atoms with Crippen LogP contribution in [0, 0.1) is 18.5 Å². The number of aromatic nitrogens is 4. The van der Waals surface area contributed by atoms with E-state index in [1.807, 2.05) is 92.1 Å². The van der Waals surface area contributed by atoms with E-state index in [1.54, 1.807) is 48.7 Å². The molecule has 476 valence electrons. The summed E-state index contributed by atoms with van der Waals surface area (Å²) in [6.45, 7) is 12.4. The first kappa shape index (κ1) is 36.8. The molecular formula is C92H70N4OPt-2. The van der Waals surface area contributed by atoms with Crippen LogP contribution in [0.3, 0.4) is 0 Å². The molecule has 0 unspecified atom stereocenters. The number of fused-ring (bicyclic) bond motifs is 4. The average Bonchev–Trinajstić information content (AvgIpc) is 1.64. The Balaban J connectivity index is 0.0000128. The molecule has 16 aromatic rings. The Hall–Kier alpha value is -11.2. The molecule has 0 amide bonds. The van der Waals surface area contributed by atoms with E-state index in [1.165, 1.54) is 9.13 Å². The summed E-state index contributed by atoms with van der Waals surface area (Å²) >= 11 is 0. The molecule has 6 heteroatoms. The Morgan fingerprint density at radius 2 is 0.888 bits per heavy atom. The van der Waals surface area contributed by atoms with Gasteiger partial charge in [-0.25, -0.2) is 4.98 Å². The van der Waals surface area contributed by atoms with Crippen molar-refractivity contribution in [3.63, 3.8) is 0 Å². The van der Waals surface area contributed by atoms with Crippen LogP contribution in [0.4, 0.5) is 0 Å². The fourth-order valence-corrected chi connectivity index (χ4v) is 11.7. The summed E-state index contributed by atoms with van der Waals surface area (Å²) in [4.78, 5) is 4.84. The quantitative estimate of drug-likeness (QED) is 0.0852. The molecule has 0 bridgehead atoms. The van der Waals surface area contributed by atoms with Crippen LogP contribution in [-0.2, 0) is 31.9 Å². The molecule has 13 aromatic carbocycles. The fourth-order valence-electron chi connectivity index (χ4n) is 11.7. The molecule has 5 nitrogen and oxygen atoms in total. The van der Waals surface area contributed by atoms with Crippen molar-refractivity contribution in [2.45, 2.75) is 52.4 Å². The monoisotopic (exact) mass is 1470 g/mol. The number of hydrogen-bond donors (Lipinski definition) is 0. The normalized spacial score (nSPS) is 16.1. The third-order valence-corrected chi connectivity index (χ3v) is 16.5. The second-order valence-corrected chi connectivity index (χ2v) is 24.8. The first-order valence-corrected chi connectivity index (χ1v) is 30.8. The predicted octanol–water partition coefficient (Wildman–Crippen LogP) is 23.5. The number of benzene rings is 13. The summed E-state index contributed by atoms with van der Waals surface area (Å²) in [5, 5.41) is 1.69. The summed E-state index contributed by atoms with van der Waals surface area (Å²) in [5.74, 6) is 0.840. The van der Waals surface area contributed by atoms with Gasteiger partial charge in [0.15, 0.2) is 0 Å². The van der Waals surface area contributed by atoms with E-state index < -0.39 is 271 Å². The van der Waals surface area contributed by atoms with Gasteiger partial charge in [0.25, 0.3) is 6.33 Å². The van der Waals surface area contributed by atoms with Crippen molar-refractivity contribution < 1.29 is 72.9 Å². The molecule has 3 aromatic heterocycles. The average molecular weight is 1470 g/mol. The zero-order valence-electron chi connectivity index (χ0n) is 84.1. The number of para-hydroxylation sites is 1.